The van der Waals surface area contributed by atoms with Crippen LogP contribution in [-0.4, -0.2) is 17.4 Å². The van der Waals surface area contributed by atoms with Gasteiger partial charge in [-0.2, -0.15) is 0 Å². The van der Waals surface area contributed by atoms with Crippen LogP contribution in [0.4, 0.5) is 11.5 Å². The summed E-state index contributed by atoms with van der Waals surface area (Å²) in [5.74, 6) is 0.243. The van der Waals surface area contributed by atoms with E-state index in [9.17, 15) is 4.79 Å². The second kappa shape index (κ2) is 6.59. The monoisotopic (exact) mass is 309 g/mol. The summed E-state index contributed by atoms with van der Waals surface area (Å²) in [6.45, 7) is 2.06. The van der Waals surface area contributed by atoms with E-state index in [2.05, 4.69) is 15.6 Å². The lowest BCUT2D eigenvalue weighted by atomic mass is 10.2. The van der Waals surface area contributed by atoms with Gasteiger partial charge in [0.2, 0.25) is 5.91 Å². The third-order valence-electron chi connectivity index (χ3n) is 2.56. The van der Waals surface area contributed by atoms with Crippen molar-refractivity contribution in [3.63, 3.8) is 0 Å². The van der Waals surface area contributed by atoms with E-state index in [0.717, 1.165) is 11.3 Å². The average molecular weight is 310 g/mol. The molecular formula is C14H13Cl2N3O. The van der Waals surface area contributed by atoms with Crippen LogP contribution in [0.5, 0.6) is 0 Å². The van der Waals surface area contributed by atoms with Gasteiger partial charge in [-0.05, 0) is 36.8 Å². The standard InChI is InChI=1S/C14H13Cl2N3O/c1-9-2-4-12(11(16)6-9)17-8-14(20)19-13-5-3-10(15)7-18-13/h2-7,17H,8H2,1H3,(H,18,19,20). The number of rotatable bonds is 4. The Morgan fingerprint density at radius 2 is 2.05 bits per heavy atom. The fourth-order valence-corrected chi connectivity index (χ4v) is 1.99. The molecule has 6 heteroatoms. The van der Waals surface area contributed by atoms with Gasteiger partial charge in [-0.1, -0.05) is 29.3 Å². The molecule has 2 N–H and O–H groups in total. The molecule has 2 rings (SSSR count). The Morgan fingerprint density at radius 3 is 2.70 bits per heavy atom. The number of anilines is 2. The summed E-state index contributed by atoms with van der Waals surface area (Å²) in [7, 11) is 0. The van der Waals surface area contributed by atoms with Gasteiger partial charge in [-0.25, -0.2) is 4.98 Å². The maximum atomic E-state index is 11.8. The van der Waals surface area contributed by atoms with Crippen LogP contribution in [0.2, 0.25) is 10.0 Å². The summed E-state index contributed by atoms with van der Waals surface area (Å²) in [6.07, 6.45) is 1.47. The van der Waals surface area contributed by atoms with Gasteiger partial charge in [0.25, 0.3) is 0 Å². The first-order chi connectivity index (χ1) is 9.54. The van der Waals surface area contributed by atoms with E-state index in [1.807, 2.05) is 25.1 Å². The molecule has 1 heterocycles. The molecule has 1 amide bonds. The molecular weight excluding hydrogens is 297 g/mol. The number of aromatic nitrogens is 1. The van der Waals surface area contributed by atoms with Crippen molar-refractivity contribution in [1.82, 2.24) is 4.98 Å². The summed E-state index contributed by atoms with van der Waals surface area (Å²) < 4.78 is 0. The quantitative estimate of drug-likeness (QED) is 0.904. The largest absolute Gasteiger partial charge is 0.375 e. The van der Waals surface area contributed by atoms with Gasteiger partial charge in [0.15, 0.2) is 0 Å². The predicted molar refractivity (Wildman–Crippen MR) is 82.6 cm³/mol. The molecule has 4 nitrogen and oxygen atoms in total. The fourth-order valence-electron chi connectivity index (χ4n) is 1.58. The van der Waals surface area contributed by atoms with E-state index in [1.165, 1.54) is 6.20 Å². The molecule has 0 bridgehead atoms. The van der Waals surface area contributed by atoms with Crippen LogP contribution in [0, 0.1) is 6.92 Å². The molecule has 0 radical (unpaired) electrons. The summed E-state index contributed by atoms with van der Waals surface area (Å²) in [5, 5.41) is 6.74. The first kappa shape index (κ1) is 14.6. The van der Waals surface area contributed by atoms with E-state index in [0.29, 0.717) is 15.9 Å². The molecule has 0 spiro atoms. The molecule has 1 aromatic heterocycles. The number of benzene rings is 1. The normalized spacial score (nSPS) is 10.2. The SMILES string of the molecule is Cc1ccc(NCC(=O)Nc2ccc(Cl)cn2)c(Cl)c1. The molecule has 0 aliphatic rings. The van der Waals surface area contributed by atoms with Crippen LogP contribution >= 0.6 is 23.2 Å². The van der Waals surface area contributed by atoms with Crippen LogP contribution in [0.3, 0.4) is 0 Å². The van der Waals surface area contributed by atoms with Crippen LogP contribution in [0.1, 0.15) is 5.56 Å². The van der Waals surface area contributed by atoms with E-state index < -0.39 is 0 Å². The number of hydrogen-bond donors (Lipinski definition) is 2. The average Bonchev–Trinajstić information content (AvgIpc) is 2.40. The van der Waals surface area contributed by atoms with Gasteiger partial charge in [0, 0.05) is 6.20 Å². The van der Waals surface area contributed by atoms with E-state index >= 15 is 0 Å². The highest BCUT2D eigenvalue weighted by Crippen LogP contribution is 2.22. The molecule has 20 heavy (non-hydrogen) atoms. The zero-order valence-corrected chi connectivity index (χ0v) is 12.3. The first-order valence-electron chi connectivity index (χ1n) is 5.96. The second-order valence-electron chi connectivity index (χ2n) is 4.25. The third-order valence-corrected chi connectivity index (χ3v) is 3.10. The van der Waals surface area contributed by atoms with Crippen molar-refractivity contribution in [2.24, 2.45) is 0 Å². The smallest absolute Gasteiger partial charge is 0.244 e. The lowest BCUT2D eigenvalue weighted by Gasteiger charge is -2.09. The minimum absolute atomic E-state index is 0.104. The van der Waals surface area contributed by atoms with E-state index in [1.54, 1.807) is 12.1 Å². The summed E-state index contributed by atoms with van der Waals surface area (Å²) in [6, 6.07) is 8.90. The van der Waals surface area contributed by atoms with Crippen LogP contribution in [0.15, 0.2) is 36.5 Å². The fraction of sp³-hybridized carbons (Fsp3) is 0.143. The minimum Gasteiger partial charge on any atom is -0.375 e. The van der Waals surface area contributed by atoms with Crippen molar-refractivity contribution in [3.8, 4) is 0 Å². The third kappa shape index (κ3) is 4.11. The number of nitrogens with zero attached hydrogens (tertiary/aromatic N) is 1. The molecule has 2 aromatic rings. The molecule has 0 unspecified atom stereocenters. The van der Waals surface area contributed by atoms with Gasteiger partial charge in [-0.3, -0.25) is 4.79 Å². The Morgan fingerprint density at radius 1 is 1.25 bits per heavy atom. The minimum atomic E-state index is -0.212. The highest BCUT2D eigenvalue weighted by atomic mass is 35.5. The number of carbonyl (C=O) groups is 1. The van der Waals surface area contributed by atoms with Gasteiger partial charge in [-0.15, -0.1) is 0 Å². The van der Waals surface area contributed by atoms with E-state index in [4.69, 9.17) is 23.2 Å². The van der Waals surface area contributed by atoms with Crippen molar-refractivity contribution in [2.75, 3.05) is 17.2 Å². The molecule has 0 aliphatic heterocycles. The van der Waals surface area contributed by atoms with Crippen molar-refractivity contribution in [2.45, 2.75) is 6.92 Å². The highest BCUT2D eigenvalue weighted by Gasteiger charge is 2.05. The molecule has 0 fully saturated rings. The topological polar surface area (TPSA) is 54.0 Å². The Labute approximate surface area is 127 Å². The van der Waals surface area contributed by atoms with Gasteiger partial charge < -0.3 is 10.6 Å². The zero-order chi connectivity index (χ0) is 14.5. The predicted octanol–water partition coefficient (Wildman–Crippen LogP) is 3.75. The maximum Gasteiger partial charge on any atom is 0.244 e. The lowest BCUT2D eigenvalue weighted by molar-refractivity contribution is -0.114. The number of aryl methyl sites for hydroxylation is 1. The number of halogens is 2. The number of carbonyl (C=O) groups excluding carboxylic acids is 1. The summed E-state index contributed by atoms with van der Waals surface area (Å²) in [4.78, 5) is 15.7. The highest BCUT2D eigenvalue weighted by molar-refractivity contribution is 6.33. The maximum absolute atomic E-state index is 11.8. The molecule has 104 valence electrons. The molecule has 0 atom stereocenters. The number of nitrogens with one attached hydrogen (secondary N) is 2. The molecule has 0 saturated heterocycles. The molecule has 0 aliphatic carbocycles. The van der Waals surface area contributed by atoms with Gasteiger partial charge in [0.05, 0.1) is 22.3 Å². The van der Waals surface area contributed by atoms with E-state index in [-0.39, 0.29) is 12.5 Å². The Kier molecular flexibility index (Phi) is 4.82. The van der Waals surface area contributed by atoms with Crippen molar-refractivity contribution in [3.05, 3.63) is 52.1 Å². The van der Waals surface area contributed by atoms with Crippen molar-refractivity contribution < 1.29 is 4.79 Å². The Balaban J connectivity index is 1.90. The van der Waals surface area contributed by atoms with Crippen LogP contribution in [0.25, 0.3) is 0 Å². The van der Waals surface area contributed by atoms with Crippen LogP contribution in [-0.2, 0) is 4.79 Å². The van der Waals surface area contributed by atoms with Gasteiger partial charge in [0.1, 0.15) is 5.82 Å². The second-order valence-corrected chi connectivity index (χ2v) is 5.09. The molecule has 1 aromatic carbocycles. The number of pyridine rings is 1. The Hall–Kier alpha value is -1.78. The number of hydrogen-bond acceptors (Lipinski definition) is 3. The molecule has 0 saturated carbocycles. The zero-order valence-electron chi connectivity index (χ0n) is 10.8. The summed E-state index contributed by atoms with van der Waals surface area (Å²) in [5.41, 5.74) is 1.78. The van der Waals surface area contributed by atoms with Gasteiger partial charge >= 0.3 is 0 Å². The first-order valence-corrected chi connectivity index (χ1v) is 6.71. The van der Waals surface area contributed by atoms with Crippen molar-refractivity contribution in [1.29, 1.82) is 0 Å². The lowest BCUT2D eigenvalue weighted by Crippen LogP contribution is -2.22. The number of amides is 1. The van der Waals surface area contributed by atoms with Crippen molar-refractivity contribution >= 4 is 40.6 Å². The Bertz CT molecular complexity index is 614. The van der Waals surface area contributed by atoms with Crippen LogP contribution < -0.4 is 10.6 Å². The summed E-state index contributed by atoms with van der Waals surface area (Å²) >= 11 is 11.8.